The van der Waals surface area contributed by atoms with Crippen LogP contribution < -0.4 is 15.4 Å². The number of non-ortho nitro benzene ring substituents is 1. The summed E-state index contributed by atoms with van der Waals surface area (Å²) in [5.74, 6) is -0.307. The van der Waals surface area contributed by atoms with Gasteiger partial charge in [-0.1, -0.05) is 29.5 Å². The van der Waals surface area contributed by atoms with E-state index in [9.17, 15) is 19.7 Å². The van der Waals surface area contributed by atoms with Crippen molar-refractivity contribution in [2.24, 2.45) is 0 Å². The molecule has 0 unspecified atom stereocenters. The molecule has 0 bridgehead atoms. The Kier molecular flexibility index (Phi) is 3.40. The van der Waals surface area contributed by atoms with Crippen LogP contribution in [0.1, 0.15) is 5.56 Å². The summed E-state index contributed by atoms with van der Waals surface area (Å²) in [6, 6.07) is 13.2. The van der Waals surface area contributed by atoms with Crippen molar-refractivity contribution < 1.29 is 9.72 Å². The minimum atomic E-state index is -0.473. The molecule has 5 rings (SSSR count). The molecule has 2 aromatic carbocycles. The van der Waals surface area contributed by atoms with Crippen LogP contribution in [0.3, 0.4) is 0 Å². The van der Waals surface area contributed by atoms with Gasteiger partial charge < -0.3 is 5.32 Å². The van der Waals surface area contributed by atoms with Gasteiger partial charge in [0.2, 0.25) is 0 Å². The highest BCUT2D eigenvalue weighted by molar-refractivity contribution is 7.15. The van der Waals surface area contributed by atoms with E-state index < -0.39 is 4.92 Å². The van der Waals surface area contributed by atoms with Crippen molar-refractivity contribution in [2.45, 2.75) is 0 Å². The summed E-state index contributed by atoms with van der Waals surface area (Å²) in [4.78, 5) is 40.5. The summed E-state index contributed by atoms with van der Waals surface area (Å²) in [7, 11) is 0. The topological polar surface area (TPSA) is 107 Å². The number of thiazole rings is 1. The molecular weight excluding hydrogens is 380 g/mol. The minimum Gasteiger partial charge on any atom is -0.321 e. The number of anilines is 1. The zero-order valence-corrected chi connectivity index (χ0v) is 14.9. The molecule has 4 aromatic rings. The van der Waals surface area contributed by atoms with Crippen LogP contribution in [0.25, 0.3) is 21.8 Å². The third-order valence-corrected chi connectivity index (χ3v) is 5.61. The third-order valence-electron chi connectivity index (χ3n) is 4.55. The maximum Gasteiger partial charge on any atom is 0.275 e. The molecule has 0 spiro atoms. The molecule has 0 atom stereocenters. The predicted molar refractivity (Wildman–Crippen MR) is 104 cm³/mol. The molecule has 3 heterocycles. The molecule has 0 saturated carbocycles. The summed E-state index contributed by atoms with van der Waals surface area (Å²) in [5, 5.41) is 13.6. The van der Waals surface area contributed by atoms with Crippen molar-refractivity contribution in [3.63, 3.8) is 0 Å². The summed E-state index contributed by atoms with van der Waals surface area (Å²) < 4.78 is 1.73. The van der Waals surface area contributed by atoms with Crippen LogP contribution in [0.2, 0.25) is 0 Å². The van der Waals surface area contributed by atoms with Crippen molar-refractivity contribution in [1.29, 1.82) is 0 Å². The number of hydrogen-bond acceptors (Lipinski definition) is 6. The average Bonchev–Trinajstić information content (AvgIpc) is 3.33. The van der Waals surface area contributed by atoms with Crippen molar-refractivity contribution >= 4 is 39.2 Å². The van der Waals surface area contributed by atoms with Crippen LogP contribution in [0.15, 0.2) is 59.5 Å². The molecule has 0 aliphatic carbocycles. The van der Waals surface area contributed by atoms with Gasteiger partial charge in [-0.2, -0.15) is 0 Å². The number of nitro groups is 1. The normalized spacial score (nSPS) is 14.9. The fourth-order valence-corrected chi connectivity index (χ4v) is 4.27. The van der Waals surface area contributed by atoms with Crippen molar-refractivity contribution in [3.8, 4) is 11.3 Å². The van der Waals surface area contributed by atoms with Gasteiger partial charge in [0.15, 0.2) is 4.96 Å². The van der Waals surface area contributed by atoms with Crippen LogP contribution in [-0.2, 0) is 4.79 Å². The molecular formula is C19H10N4O4S. The second kappa shape index (κ2) is 5.83. The van der Waals surface area contributed by atoms with Crippen molar-refractivity contribution in [3.05, 3.63) is 85.3 Å². The molecule has 2 aromatic heterocycles. The van der Waals surface area contributed by atoms with Gasteiger partial charge in [-0.05, 0) is 18.2 Å². The van der Waals surface area contributed by atoms with Gasteiger partial charge in [-0.15, -0.1) is 0 Å². The first-order valence-electron chi connectivity index (χ1n) is 8.25. The minimum absolute atomic E-state index is 0.0149. The lowest BCUT2D eigenvalue weighted by molar-refractivity contribution is -0.384. The first-order valence-corrected chi connectivity index (χ1v) is 9.06. The van der Waals surface area contributed by atoms with Gasteiger partial charge in [-0.25, -0.2) is 4.98 Å². The molecule has 1 amide bonds. The summed E-state index contributed by atoms with van der Waals surface area (Å²) in [6.45, 7) is 0. The Labute approximate surface area is 160 Å². The lowest BCUT2D eigenvalue weighted by Gasteiger charge is -1.95. The number of benzene rings is 2. The molecule has 1 aliphatic heterocycles. The molecule has 28 heavy (non-hydrogen) atoms. The quantitative estimate of drug-likeness (QED) is 0.417. The number of carbonyl (C=O) groups is 1. The van der Waals surface area contributed by atoms with E-state index in [4.69, 9.17) is 0 Å². The molecule has 1 N–H and O–H groups in total. The van der Waals surface area contributed by atoms with Crippen molar-refractivity contribution in [2.75, 3.05) is 5.32 Å². The number of nitrogens with one attached hydrogen (secondary N) is 1. The van der Waals surface area contributed by atoms with E-state index in [1.807, 2.05) is 12.1 Å². The van der Waals surface area contributed by atoms with Crippen LogP contribution in [0.5, 0.6) is 0 Å². The highest BCUT2D eigenvalue weighted by Gasteiger charge is 2.26. The first-order chi connectivity index (χ1) is 13.5. The van der Waals surface area contributed by atoms with Crippen molar-refractivity contribution in [1.82, 2.24) is 9.38 Å². The second-order valence-corrected chi connectivity index (χ2v) is 7.17. The van der Waals surface area contributed by atoms with Gasteiger partial charge in [-0.3, -0.25) is 24.1 Å². The summed E-state index contributed by atoms with van der Waals surface area (Å²) in [5.41, 5.74) is 2.60. The van der Waals surface area contributed by atoms with E-state index in [-0.39, 0.29) is 17.2 Å². The summed E-state index contributed by atoms with van der Waals surface area (Å²) >= 11 is 1.15. The Balaban J connectivity index is 1.67. The monoisotopic (exact) mass is 390 g/mol. The van der Waals surface area contributed by atoms with Crippen LogP contribution >= 0.6 is 11.3 Å². The van der Waals surface area contributed by atoms with E-state index in [0.29, 0.717) is 37.6 Å². The number of fused-ring (bicyclic) bond motifs is 2. The number of aromatic nitrogens is 2. The first kappa shape index (κ1) is 16.3. The lowest BCUT2D eigenvalue weighted by atomic mass is 10.1. The van der Waals surface area contributed by atoms with E-state index in [1.165, 1.54) is 16.5 Å². The molecule has 1 aliphatic rings. The standard InChI is InChI=1S/C19H10N4O4S/c24-17-15(12-3-1-2-4-13(12)20-17)16-18(25)22-9-14(21-19(22)28-16)10-5-7-11(8-6-10)23(26)27/h1-9H,(H,20,24)/b16-15+. The zero-order valence-electron chi connectivity index (χ0n) is 14.1. The lowest BCUT2D eigenvalue weighted by Crippen LogP contribution is -2.27. The number of amides is 1. The Morgan fingerprint density at radius 2 is 1.82 bits per heavy atom. The Morgan fingerprint density at radius 3 is 2.54 bits per heavy atom. The van der Waals surface area contributed by atoms with Gasteiger partial charge in [0, 0.05) is 35.1 Å². The number of imidazole rings is 1. The van der Waals surface area contributed by atoms with E-state index in [1.54, 1.807) is 30.5 Å². The fourth-order valence-electron chi connectivity index (χ4n) is 3.22. The highest BCUT2D eigenvalue weighted by Crippen LogP contribution is 2.29. The zero-order chi connectivity index (χ0) is 19.4. The van der Waals surface area contributed by atoms with E-state index >= 15 is 0 Å². The van der Waals surface area contributed by atoms with E-state index in [0.717, 1.165) is 11.3 Å². The van der Waals surface area contributed by atoms with Gasteiger partial charge in [0.25, 0.3) is 17.2 Å². The number of rotatable bonds is 2. The van der Waals surface area contributed by atoms with E-state index in [2.05, 4.69) is 10.3 Å². The predicted octanol–water partition coefficient (Wildman–Crippen LogP) is 2.20. The SMILES string of the molecule is O=C1Nc2ccccc2/C1=c1\sc2nc(-c3ccc([N+](=O)[O-])cc3)cn2c1=O. The smallest absolute Gasteiger partial charge is 0.275 e. The van der Waals surface area contributed by atoms with Crippen LogP contribution in [0.4, 0.5) is 11.4 Å². The number of nitro benzene ring substituents is 1. The summed E-state index contributed by atoms with van der Waals surface area (Å²) in [6.07, 6.45) is 1.58. The van der Waals surface area contributed by atoms with Gasteiger partial charge in [0.1, 0.15) is 4.53 Å². The number of carbonyl (C=O) groups excluding carboxylic acids is 1. The number of para-hydroxylation sites is 1. The molecule has 8 nitrogen and oxygen atoms in total. The van der Waals surface area contributed by atoms with Gasteiger partial charge in [0.05, 0.1) is 16.2 Å². The second-order valence-electron chi connectivity index (χ2n) is 6.19. The Bertz CT molecular complexity index is 1400. The third kappa shape index (κ3) is 2.33. The molecule has 0 fully saturated rings. The number of hydrogen-bond donors (Lipinski definition) is 1. The maximum absolute atomic E-state index is 12.9. The fraction of sp³-hybridized carbons (Fsp3) is 0. The molecule has 136 valence electrons. The largest absolute Gasteiger partial charge is 0.321 e. The Hall–Kier alpha value is -3.85. The molecule has 0 radical (unpaired) electrons. The van der Waals surface area contributed by atoms with Crippen LogP contribution in [0, 0.1) is 10.1 Å². The van der Waals surface area contributed by atoms with Crippen LogP contribution in [-0.4, -0.2) is 20.2 Å². The number of nitrogens with zero attached hydrogens (tertiary/aromatic N) is 3. The molecule has 0 saturated heterocycles. The highest BCUT2D eigenvalue weighted by atomic mass is 32.1. The average molecular weight is 390 g/mol. The maximum atomic E-state index is 12.9. The molecule has 9 heteroatoms. The Morgan fingerprint density at radius 1 is 1.07 bits per heavy atom. The van der Waals surface area contributed by atoms with Gasteiger partial charge >= 0.3 is 0 Å².